The number of hydrogen-bond acceptors (Lipinski definition) is 17. The van der Waals surface area contributed by atoms with Gasteiger partial charge in [0, 0.05) is 72.0 Å². The highest BCUT2D eigenvalue weighted by atomic mass is 16.2. The van der Waals surface area contributed by atoms with Gasteiger partial charge in [0.15, 0.2) is 0 Å². The second kappa shape index (κ2) is 61.0. The largest absolute Gasteiger partial charge is 0.368 e. The normalized spacial score (nSPS) is 10.9. The Morgan fingerprint density at radius 1 is 0.188 bits per heavy atom. The Morgan fingerprint density at radius 3 is 0.534 bits per heavy atom. The summed E-state index contributed by atoms with van der Waals surface area (Å²) in [5.41, 5.74) is 34.8. The van der Waals surface area contributed by atoms with Crippen LogP contribution in [0.15, 0.2) is 243 Å². The lowest BCUT2D eigenvalue weighted by atomic mass is 10.1. The van der Waals surface area contributed by atoms with Crippen molar-refractivity contribution in [3.63, 3.8) is 0 Å². The molecule has 0 atom stereocenters. The van der Waals surface area contributed by atoms with Gasteiger partial charge in [0.05, 0.1) is 32.7 Å². The Bertz CT molecular complexity index is 4750. The van der Waals surface area contributed by atoms with Crippen molar-refractivity contribution < 1.29 is 57.5 Å². The third-order valence-corrected chi connectivity index (χ3v) is 22.9. The monoisotopic (exact) mass is 1820 g/mol. The molecule has 0 aromatic heterocycles. The first kappa shape index (κ1) is 106. The van der Waals surface area contributed by atoms with Crippen LogP contribution in [0.1, 0.15) is 147 Å². The molecule has 0 fully saturated rings. The van der Waals surface area contributed by atoms with E-state index in [0.29, 0.717) is 112 Å². The smallest absolute Gasteiger partial charge is 0.242 e. The van der Waals surface area contributed by atoms with E-state index in [4.69, 9.17) is 28.7 Å². The van der Waals surface area contributed by atoms with Crippen molar-refractivity contribution in [3.05, 3.63) is 287 Å². The second-order valence-corrected chi connectivity index (χ2v) is 33.8. The zero-order valence-electron chi connectivity index (χ0n) is 77.4. The van der Waals surface area contributed by atoms with Crippen molar-refractivity contribution in [3.8, 4) is 0 Å². The third kappa shape index (κ3) is 40.4. The number of amides is 12. The van der Waals surface area contributed by atoms with Crippen molar-refractivity contribution in [2.24, 2.45) is 28.7 Å². The Kier molecular flexibility index (Phi) is 48.4. The molecule has 0 radical (unpaired) electrons. The predicted molar refractivity (Wildman–Crippen MR) is 517 cm³/mol. The van der Waals surface area contributed by atoms with Gasteiger partial charge in [-0.25, -0.2) is 0 Å². The highest BCUT2D eigenvalue weighted by molar-refractivity contribution is 5.95. The summed E-state index contributed by atoms with van der Waals surface area (Å²) in [4.78, 5) is 196. The molecule has 8 rings (SSSR count). The van der Waals surface area contributed by atoms with Crippen LogP contribution >= 0.6 is 0 Å². The Labute approximate surface area is 785 Å². The van der Waals surface area contributed by atoms with Crippen molar-refractivity contribution in [1.29, 1.82) is 0 Å². The average molecular weight is 1820 g/mol. The first-order chi connectivity index (χ1) is 64.7. The molecular weight excluding hydrogens is 1680 g/mol. The van der Waals surface area contributed by atoms with Gasteiger partial charge in [-0.3, -0.25) is 57.5 Å². The summed E-state index contributed by atoms with van der Waals surface area (Å²) in [5.74, 6) is -6.96. The van der Waals surface area contributed by atoms with Gasteiger partial charge < -0.3 is 87.9 Å². The van der Waals surface area contributed by atoms with E-state index in [2.05, 4.69) is 5.32 Å². The summed E-state index contributed by atoms with van der Waals surface area (Å²) in [6.07, 6.45) is 11.3. The van der Waals surface area contributed by atoms with Crippen LogP contribution in [0.5, 0.6) is 0 Å². The van der Waals surface area contributed by atoms with Gasteiger partial charge in [0.25, 0.3) is 0 Å². The standard InChI is InChI=1S/C104H139N17O12/c105-57-33-1-5-37-61-110-65-94(123)115(67-86-43-19-10-20-44-86)81-102(131)116(68-87-45-21-11-22-46-87)78-95(124)112(63-39-7-3-35-59-107)76-99(128)120(72-91-53-29-15-30-54-91)83-104(133)118(70-89-49-25-13-26-50-89)80-97(126)113(64-40-8-4-36-60-108)77-100(129)121(73-92-55-31-16-32-56-92)84-103(132)117(69-88-47-23-12-24-48-88)79-96(125)111(62-38-6-2-34-58-106)75-98(127)119(71-90-51-27-14-28-52-90)82-101(130)114(74-93(109)122)66-85-41-17-9-18-42-85/h9-32,41-56,110H,1-8,33-40,57-84,105-108H2,(H2,109,122). The molecule has 0 spiro atoms. The van der Waals surface area contributed by atoms with Crippen LogP contribution in [0.25, 0.3) is 0 Å². The molecule has 12 amide bonds. The van der Waals surface area contributed by atoms with E-state index in [1.165, 1.54) is 53.9 Å². The molecule has 133 heavy (non-hydrogen) atoms. The van der Waals surface area contributed by atoms with Crippen LogP contribution in [0.4, 0.5) is 0 Å². The van der Waals surface area contributed by atoms with Gasteiger partial charge in [-0.05, 0) is 129 Å². The number of carbonyl (C=O) groups excluding carboxylic acids is 12. The molecule has 8 aromatic rings. The van der Waals surface area contributed by atoms with Crippen LogP contribution in [0.3, 0.4) is 0 Å². The molecule has 0 heterocycles. The van der Waals surface area contributed by atoms with Crippen LogP contribution < -0.4 is 34.0 Å². The molecule has 0 bridgehead atoms. The summed E-state index contributed by atoms with van der Waals surface area (Å²) >= 11 is 0. The summed E-state index contributed by atoms with van der Waals surface area (Å²) in [5, 5.41) is 3.26. The predicted octanol–water partition coefficient (Wildman–Crippen LogP) is 8.85. The van der Waals surface area contributed by atoms with Crippen molar-refractivity contribution in [2.45, 2.75) is 155 Å². The topological polar surface area (TPSA) is 383 Å². The number of nitrogens with two attached hydrogens (primary N) is 5. The van der Waals surface area contributed by atoms with Crippen molar-refractivity contribution >= 4 is 70.9 Å². The highest BCUT2D eigenvalue weighted by Crippen LogP contribution is 2.20. The van der Waals surface area contributed by atoms with Crippen LogP contribution in [0, 0.1) is 0 Å². The molecule has 29 heteroatoms. The summed E-state index contributed by atoms with van der Waals surface area (Å²) < 4.78 is 0. The molecular formula is C104H139N17O12. The minimum atomic E-state index is -0.750. The van der Waals surface area contributed by atoms with Crippen LogP contribution in [0.2, 0.25) is 0 Å². The zero-order valence-corrected chi connectivity index (χ0v) is 77.4. The lowest BCUT2D eigenvalue weighted by Gasteiger charge is -2.33. The van der Waals surface area contributed by atoms with E-state index < -0.39 is 130 Å². The number of rotatable bonds is 64. The lowest BCUT2D eigenvalue weighted by Crippen LogP contribution is -2.52. The number of primary amides is 1. The molecule has 0 aliphatic heterocycles. The number of unbranched alkanes of at least 4 members (excludes halogenated alkanes) is 12. The first-order valence-corrected chi connectivity index (χ1v) is 46.9. The van der Waals surface area contributed by atoms with Crippen LogP contribution in [-0.2, 0) is 110 Å². The van der Waals surface area contributed by atoms with Gasteiger partial charge in [0.1, 0.15) is 45.8 Å². The maximum atomic E-state index is 15.7. The number of benzene rings is 8. The zero-order chi connectivity index (χ0) is 95.0. The Hall–Kier alpha value is -12.8. The van der Waals surface area contributed by atoms with Crippen molar-refractivity contribution in [2.75, 3.05) is 131 Å². The fourth-order valence-corrected chi connectivity index (χ4v) is 15.4. The van der Waals surface area contributed by atoms with Gasteiger partial charge in [0.2, 0.25) is 70.9 Å². The number of hydrogen-bond donors (Lipinski definition) is 6. The highest BCUT2D eigenvalue weighted by Gasteiger charge is 2.34. The van der Waals surface area contributed by atoms with Crippen LogP contribution in [-0.4, -0.2) is 256 Å². The maximum Gasteiger partial charge on any atom is 0.242 e. The molecule has 29 nitrogen and oxygen atoms in total. The fraction of sp³-hybridized carbons (Fsp3) is 0.423. The summed E-state index contributed by atoms with van der Waals surface area (Å²) in [7, 11) is 0. The SMILES string of the molecule is NCCCCCCNCC(=O)N(CC(=O)N(CC(=O)N(CCCCCCN)CC(=O)N(CC(=O)N(CC(=O)N(CCCCCCN)CC(=O)N(CC(=O)N(CC(=O)N(CCCCCCN)CC(=O)N(CC(=O)N(CC(N)=O)Cc1ccccc1)Cc1ccccc1)Cc1ccccc1)Cc1ccccc1)Cc1ccccc1)Cc1ccccc1)Cc1ccccc1)Cc1ccccc1. The molecule has 8 aromatic carbocycles. The molecule has 11 N–H and O–H groups in total. The number of nitrogens with one attached hydrogen (secondary N) is 1. The Morgan fingerprint density at radius 2 is 0.346 bits per heavy atom. The molecule has 712 valence electrons. The lowest BCUT2D eigenvalue weighted by molar-refractivity contribution is -0.150. The van der Waals surface area contributed by atoms with E-state index in [0.717, 1.165) is 68.1 Å². The molecule has 0 saturated carbocycles. The number of carbonyl (C=O) groups is 12. The van der Waals surface area contributed by atoms with E-state index in [1.54, 1.807) is 97.1 Å². The quantitative estimate of drug-likeness (QED) is 0.0194. The summed E-state index contributed by atoms with van der Waals surface area (Å²) in [6, 6.07) is 72.8. The van der Waals surface area contributed by atoms with Gasteiger partial charge >= 0.3 is 0 Å². The summed E-state index contributed by atoms with van der Waals surface area (Å²) in [6.45, 7) is -3.12. The average Bonchev–Trinajstić information content (AvgIpc) is 0.843. The fourth-order valence-electron chi connectivity index (χ4n) is 15.4. The van der Waals surface area contributed by atoms with Gasteiger partial charge in [-0.15, -0.1) is 0 Å². The minimum Gasteiger partial charge on any atom is -0.368 e. The maximum absolute atomic E-state index is 15.7. The van der Waals surface area contributed by atoms with E-state index >= 15 is 43.2 Å². The molecule has 0 aliphatic carbocycles. The van der Waals surface area contributed by atoms with E-state index in [-0.39, 0.29) is 91.0 Å². The van der Waals surface area contributed by atoms with E-state index in [9.17, 15) is 14.4 Å². The minimum absolute atomic E-state index is 0.000679. The Balaban J connectivity index is 1.08. The first-order valence-electron chi connectivity index (χ1n) is 46.9. The molecule has 0 aliphatic rings. The van der Waals surface area contributed by atoms with E-state index in [1.807, 2.05) is 146 Å². The third-order valence-electron chi connectivity index (χ3n) is 22.9. The molecule has 0 unspecified atom stereocenters. The van der Waals surface area contributed by atoms with Gasteiger partial charge in [-0.2, -0.15) is 0 Å². The van der Waals surface area contributed by atoms with Crippen molar-refractivity contribution in [1.82, 2.24) is 59.2 Å². The molecule has 0 saturated heterocycles. The van der Waals surface area contributed by atoms with Gasteiger partial charge in [-0.1, -0.05) is 294 Å². The second-order valence-electron chi connectivity index (χ2n) is 33.8. The number of nitrogens with zero attached hydrogens (tertiary/aromatic N) is 11.